The van der Waals surface area contributed by atoms with E-state index in [4.69, 9.17) is 16.5 Å². The Morgan fingerprint density at radius 2 is 1.59 bits per heavy atom. The lowest BCUT2D eigenvalue weighted by Gasteiger charge is -2.15. The number of amides is 1. The van der Waals surface area contributed by atoms with Crippen molar-refractivity contribution in [2.45, 2.75) is 17.7 Å². The first-order valence-electron chi connectivity index (χ1n) is 12.0. The molecule has 4 aromatic rings. The third kappa shape index (κ3) is 7.46. The fourth-order valence-electron chi connectivity index (χ4n) is 3.98. The Balaban J connectivity index is 1.55. The number of ether oxygens (including phenoxy) is 1. The first-order chi connectivity index (χ1) is 18.6. The average Bonchev–Trinajstić information content (AvgIpc) is 2.92. The van der Waals surface area contributed by atoms with Gasteiger partial charge in [0.2, 0.25) is 0 Å². The van der Waals surface area contributed by atoms with Crippen LogP contribution in [-0.4, -0.2) is 42.6 Å². The van der Waals surface area contributed by atoms with Gasteiger partial charge < -0.3 is 9.84 Å². The lowest BCUT2D eigenvalue weighted by molar-refractivity contribution is -0.136. The standard InChI is InChI=1S/C30H26ClNO6S/c1-39(36,37)26-9-5-8-24(20-26)27-18-22(19-29(33)34)10-15-28(27)38-25-13-11-23(12-14-25)30(35)32(31)17-16-21-6-3-2-4-7-21/h2-15,18,20H,16-17,19H2,1H3,(H,33,34). The van der Waals surface area contributed by atoms with E-state index >= 15 is 0 Å². The van der Waals surface area contributed by atoms with Gasteiger partial charge in [0.1, 0.15) is 11.5 Å². The van der Waals surface area contributed by atoms with Gasteiger partial charge in [0.05, 0.1) is 11.3 Å². The maximum Gasteiger partial charge on any atom is 0.307 e. The molecule has 4 aromatic carbocycles. The van der Waals surface area contributed by atoms with Crippen LogP contribution >= 0.6 is 11.8 Å². The van der Waals surface area contributed by atoms with Gasteiger partial charge in [-0.3, -0.25) is 14.0 Å². The van der Waals surface area contributed by atoms with Crippen LogP contribution in [0.1, 0.15) is 21.5 Å². The highest BCUT2D eigenvalue weighted by Gasteiger charge is 2.16. The van der Waals surface area contributed by atoms with Crippen molar-refractivity contribution in [3.05, 3.63) is 114 Å². The molecule has 0 aliphatic heterocycles. The molecule has 1 amide bonds. The van der Waals surface area contributed by atoms with E-state index in [1.807, 2.05) is 30.3 Å². The lowest BCUT2D eigenvalue weighted by atomic mass is 10.0. The molecule has 1 N–H and O–H groups in total. The molecule has 39 heavy (non-hydrogen) atoms. The van der Waals surface area contributed by atoms with E-state index < -0.39 is 15.8 Å². The summed E-state index contributed by atoms with van der Waals surface area (Å²) in [6, 6.07) is 27.6. The summed E-state index contributed by atoms with van der Waals surface area (Å²) in [7, 11) is -3.46. The van der Waals surface area contributed by atoms with Crippen molar-refractivity contribution < 1.29 is 27.9 Å². The average molecular weight is 564 g/mol. The smallest absolute Gasteiger partial charge is 0.307 e. The number of carbonyl (C=O) groups is 2. The number of carbonyl (C=O) groups excluding carboxylic acids is 1. The minimum Gasteiger partial charge on any atom is -0.481 e. The van der Waals surface area contributed by atoms with Crippen LogP contribution in [0.15, 0.2) is 102 Å². The largest absolute Gasteiger partial charge is 0.481 e. The summed E-state index contributed by atoms with van der Waals surface area (Å²) < 4.78 is 31.5. The van der Waals surface area contributed by atoms with Crippen molar-refractivity contribution in [3.63, 3.8) is 0 Å². The van der Waals surface area contributed by atoms with Crippen LogP contribution in [0.3, 0.4) is 0 Å². The molecule has 0 saturated carbocycles. The van der Waals surface area contributed by atoms with Crippen molar-refractivity contribution in [1.29, 1.82) is 0 Å². The second-order valence-corrected chi connectivity index (χ2v) is 11.4. The van der Waals surface area contributed by atoms with Crippen LogP contribution in [0.5, 0.6) is 11.5 Å². The molecule has 0 spiro atoms. The monoisotopic (exact) mass is 563 g/mol. The van der Waals surface area contributed by atoms with Gasteiger partial charge in [-0.1, -0.05) is 48.5 Å². The van der Waals surface area contributed by atoms with Gasteiger partial charge >= 0.3 is 5.97 Å². The molecule has 200 valence electrons. The van der Waals surface area contributed by atoms with Gasteiger partial charge in [-0.2, -0.15) is 0 Å². The van der Waals surface area contributed by atoms with E-state index in [0.29, 0.717) is 46.7 Å². The number of hydrogen-bond acceptors (Lipinski definition) is 5. The first kappa shape index (κ1) is 27.9. The Morgan fingerprint density at radius 1 is 0.872 bits per heavy atom. The molecule has 0 aliphatic rings. The van der Waals surface area contributed by atoms with E-state index in [-0.39, 0.29) is 17.2 Å². The lowest BCUT2D eigenvalue weighted by Crippen LogP contribution is -2.23. The highest BCUT2D eigenvalue weighted by Crippen LogP contribution is 2.35. The molecule has 0 unspecified atom stereocenters. The van der Waals surface area contributed by atoms with Crippen molar-refractivity contribution in [3.8, 4) is 22.6 Å². The van der Waals surface area contributed by atoms with Crippen molar-refractivity contribution in [2.24, 2.45) is 0 Å². The molecule has 7 nitrogen and oxygen atoms in total. The summed E-state index contributed by atoms with van der Waals surface area (Å²) in [5.74, 6) is -0.494. The number of aliphatic carboxylic acids is 1. The molecule has 9 heteroatoms. The van der Waals surface area contributed by atoms with E-state index in [1.54, 1.807) is 54.6 Å². The maximum absolute atomic E-state index is 12.8. The third-order valence-corrected chi connectivity index (χ3v) is 7.39. The Hall–Kier alpha value is -4.14. The third-order valence-electron chi connectivity index (χ3n) is 5.96. The summed E-state index contributed by atoms with van der Waals surface area (Å²) in [5, 5.41) is 9.23. The Morgan fingerprint density at radius 3 is 2.26 bits per heavy atom. The second-order valence-electron chi connectivity index (χ2n) is 8.95. The number of benzene rings is 4. The SMILES string of the molecule is CS(=O)(=O)c1cccc(-c2cc(CC(=O)O)ccc2Oc2ccc(C(=O)N(Cl)CCc3ccccc3)cc2)c1. The van der Waals surface area contributed by atoms with Gasteiger partial charge in [0.25, 0.3) is 5.91 Å². The van der Waals surface area contributed by atoms with E-state index in [1.165, 1.54) is 12.1 Å². The first-order valence-corrected chi connectivity index (χ1v) is 14.3. The van der Waals surface area contributed by atoms with Gasteiger partial charge in [0.15, 0.2) is 9.84 Å². The number of rotatable bonds is 10. The molecular weight excluding hydrogens is 538 g/mol. The van der Waals surface area contributed by atoms with E-state index in [9.17, 15) is 23.1 Å². The van der Waals surface area contributed by atoms with Gasteiger partial charge in [-0.15, -0.1) is 0 Å². The minimum atomic E-state index is -3.46. The quantitative estimate of drug-likeness (QED) is 0.237. The maximum atomic E-state index is 12.8. The predicted octanol–water partition coefficient (Wildman–Crippen LogP) is 6.02. The zero-order valence-electron chi connectivity index (χ0n) is 21.1. The van der Waals surface area contributed by atoms with Crippen LogP contribution in [0.25, 0.3) is 11.1 Å². The Kier molecular flexibility index (Phi) is 8.69. The molecule has 0 atom stereocenters. The zero-order valence-corrected chi connectivity index (χ0v) is 22.7. The predicted molar refractivity (Wildman–Crippen MR) is 150 cm³/mol. The molecule has 0 aliphatic carbocycles. The zero-order chi connectivity index (χ0) is 28.0. The summed E-state index contributed by atoms with van der Waals surface area (Å²) in [6.45, 7) is 0.348. The van der Waals surface area contributed by atoms with Crippen molar-refractivity contribution in [1.82, 2.24) is 4.42 Å². The number of sulfone groups is 1. The number of nitrogens with zero attached hydrogens (tertiary/aromatic N) is 1. The highest BCUT2D eigenvalue weighted by molar-refractivity contribution is 7.90. The second kappa shape index (κ2) is 12.1. The molecular formula is C30H26ClNO6S. The normalized spacial score (nSPS) is 11.1. The minimum absolute atomic E-state index is 0.135. The van der Waals surface area contributed by atoms with E-state index in [0.717, 1.165) is 16.2 Å². The molecule has 0 heterocycles. The number of carboxylic acids is 1. The molecule has 0 saturated heterocycles. The summed E-state index contributed by atoms with van der Waals surface area (Å²) in [5.41, 5.74) is 3.10. The number of halogens is 1. The van der Waals surface area contributed by atoms with Gasteiger partial charge in [0, 0.05) is 35.7 Å². The summed E-state index contributed by atoms with van der Waals surface area (Å²) in [6.07, 6.45) is 1.55. The number of hydrogen-bond donors (Lipinski definition) is 1. The summed E-state index contributed by atoms with van der Waals surface area (Å²) >= 11 is 6.24. The van der Waals surface area contributed by atoms with Gasteiger partial charge in [-0.05, 0) is 71.6 Å². The van der Waals surface area contributed by atoms with Crippen LogP contribution in [-0.2, 0) is 27.5 Å². The van der Waals surface area contributed by atoms with Crippen LogP contribution in [0.4, 0.5) is 0 Å². The van der Waals surface area contributed by atoms with Crippen LogP contribution in [0, 0.1) is 0 Å². The molecule has 0 fully saturated rings. The summed E-state index contributed by atoms with van der Waals surface area (Å²) in [4.78, 5) is 24.2. The van der Waals surface area contributed by atoms with Crippen LogP contribution in [0.2, 0.25) is 0 Å². The highest BCUT2D eigenvalue weighted by atomic mass is 35.5. The molecule has 0 bridgehead atoms. The number of carboxylic acid groups (broad SMARTS) is 1. The Bertz CT molecular complexity index is 1590. The topological polar surface area (TPSA) is 101 Å². The Labute approximate surface area is 232 Å². The molecule has 4 rings (SSSR count). The molecule has 0 radical (unpaired) electrons. The van der Waals surface area contributed by atoms with Crippen LogP contribution < -0.4 is 4.74 Å². The van der Waals surface area contributed by atoms with Gasteiger partial charge in [-0.25, -0.2) is 8.42 Å². The molecule has 0 aromatic heterocycles. The van der Waals surface area contributed by atoms with Crippen molar-refractivity contribution in [2.75, 3.05) is 12.8 Å². The van der Waals surface area contributed by atoms with E-state index in [2.05, 4.69) is 0 Å². The fourth-order valence-corrected chi connectivity index (χ4v) is 4.83. The van der Waals surface area contributed by atoms with Crippen molar-refractivity contribution >= 4 is 33.5 Å². The fraction of sp³-hybridized carbons (Fsp3) is 0.133.